The molecule has 0 aromatic rings. The van der Waals surface area contributed by atoms with Crippen LogP contribution in [0.2, 0.25) is 0 Å². The van der Waals surface area contributed by atoms with E-state index < -0.39 is 39.8 Å². The van der Waals surface area contributed by atoms with Gasteiger partial charge in [0.25, 0.3) is 0 Å². The van der Waals surface area contributed by atoms with E-state index in [2.05, 4.69) is 0 Å². The Morgan fingerprint density at radius 3 is 1.64 bits per heavy atom. The van der Waals surface area contributed by atoms with Gasteiger partial charge in [0, 0.05) is 0 Å². The third-order valence-corrected chi connectivity index (χ3v) is 4.54. The molecule has 2 atom stereocenters. The predicted molar refractivity (Wildman–Crippen MR) is 95.0 cm³/mol. The molecule has 0 radical (unpaired) electrons. The number of ether oxygens (including phenoxy) is 2. The van der Waals surface area contributed by atoms with Gasteiger partial charge >= 0.3 is 17.9 Å². The predicted octanol–water partition coefficient (Wildman–Crippen LogP) is 3.81. The monoisotopic (exact) mass is 358 g/mol. The highest BCUT2D eigenvalue weighted by atomic mass is 16.6. The van der Waals surface area contributed by atoms with Crippen LogP contribution in [0.3, 0.4) is 0 Å². The zero-order valence-electron chi connectivity index (χ0n) is 17.1. The van der Waals surface area contributed by atoms with E-state index in [0.717, 1.165) is 0 Å². The Kier molecular flexibility index (Phi) is 7.26. The van der Waals surface area contributed by atoms with E-state index in [1.165, 1.54) is 7.11 Å². The molecule has 2 unspecified atom stereocenters. The number of hydrogen-bond donors (Lipinski definition) is 1. The van der Waals surface area contributed by atoms with Crippen LogP contribution >= 0.6 is 0 Å². The molecule has 0 aliphatic rings. The van der Waals surface area contributed by atoms with Crippen LogP contribution in [-0.2, 0) is 23.9 Å². The highest BCUT2D eigenvalue weighted by molar-refractivity contribution is 5.81. The Morgan fingerprint density at radius 1 is 0.840 bits per heavy atom. The van der Waals surface area contributed by atoms with Crippen LogP contribution in [0.4, 0.5) is 0 Å². The van der Waals surface area contributed by atoms with Crippen molar-refractivity contribution in [3.8, 4) is 0 Å². The van der Waals surface area contributed by atoms with Crippen LogP contribution < -0.4 is 0 Å². The van der Waals surface area contributed by atoms with Gasteiger partial charge in [0.1, 0.15) is 5.60 Å². The molecule has 0 heterocycles. The van der Waals surface area contributed by atoms with E-state index in [1.54, 1.807) is 48.5 Å². The molecule has 0 aliphatic heterocycles. The summed E-state index contributed by atoms with van der Waals surface area (Å²) in [6.07, 6.45) is 0.566. The average molecular weight is 358 g/mol. The van der Waals surface area contributed by atoms with Crippen molar-refractivity contribution < 1.29 is 29.0 Å². The van der Waals surface area contributed by atoms with Gasteiger partial charge in [-0.25, -0.2) is 0 Å². The number of rotatable bonds is 8. The second-order valence-electron chi connectivity index (χ2n) is 9.01. The van der Waals surface area contributed by atoms with Crippen molar-refractivity contribution in [1.29, 1.82) is 0 Å². The average Bonchev–Trinajstić information content (AvgIpc) is 2.43. The van der Waals surface area contributed by atoms with Crippen LogP contribution in [0, 0.1) is 16.2 Å². The first-order valence-electron chi connectivity index (χ1n) is 8.58. The molecule has 146 valence electrons. The minimum atomic E-state index is -1.28. The van der Waals surface area contributed by atoms with Gasteiger partial charge in [-0.1, -0.05) is 6.92 Å². The molecule has 0 rings (SSSR count). The first-order valence-corrected chi connectivity index (χ1v) is 8.58. The van der Waals surface area contributed by atoms with Gasteiger partial charge in [-0.15, -0.1) is 0 Å². The van der Waals surface area contributed by atoms with E-state index in [4.69, 9.17) is 9.47 Å². The fourth-order valence-electron chi connectivity index (χ4n) is 3.13. The summed E-state index contributed by atoms with van der Waals surface area (Å²) >= 11 is 0. The normalized spacial score (nSPS) is 17.2. The SMILES string of the molecule is CCC(C)(CC(C)(CC(C)(C)C(=O)OC(C)(C)C)C(=O)O)C(=O)OC. The molecule has 0 saturated heterocycles. The molecule has 0 fully saturated rings. The van der Waals surface area contributed by atoms with Gasteiger partial charge in [-0.05, 0) is 67.7 Å². The summed E-state index contributed by atoms with van der Waals surface area (Å²) < 4.78 is 10.3. The van der Waals surface area contributed by atoms with Crippen LogP contribution in [0.15, 0.2) is 0 Å². The van der Waals surface area contributed by atoms with Crippen LogP contribution in [0.25, 0.3) is 0 Å². The van der Waals surface area contributed by atoms with Crippen molar-refractivity contribution in [3.05, 3.63) is 0 Å². The van der Waals surface area contributed by atoms with E-state index in [0.29, 0.717) is 6.42 Å². The molecule has 0 saturated carbocycles. The number of carboxylic acids is 1. The zero-order valence-corrected chi connectivity index (χ0v) is 17.1. The molecule has 1 N–H and O–H groups in total. The zero-order chi connectivity index (χ0) is 20.3. The summed E-state index contributed by atoms with van der Waals surface area (Å²) in [7, 11) is 1.29. The molecule has 0 aromatic heterocycles. The first kappa shape index (κ1) is 23.4. The van der Waals surface area contributed by atoms with Crippen molar-refractivity contribution in [2.24, 2.45) is 16.2 Å². The lowest BCUT2D eigenvalue weighted by atomic mass is 9.65. The summed E-state index contributed by atoms with van der Waals surface area (Å²) in [4.78, 5) is 36.7. The molecule has 0 spiro atoms. The maximum atomic E-state index is 12.5. The summed E-state index contributed by atoms with van der Waals surface area (Å²) in [5.41, 5.74) is -3.88. The number of aliphatic carboxylic acids is 1. The highest BCUT2D eigenvalue weighted by Crippen LogP contribution is 2.45. The van der Waals surface area contributed by atoms with Crippen molar-refractivity contribution in [2.45, 2.75) is 80.3 Å². The molecule has 0 aromatic carbocycles. The Morgan fingerprint density at radius 2 is 1.32 bits per heavy atom. The quantitative estimate of drug-likeness (QED) is 0.664. The number of hydrogen-bond acceptors (Lipinski definition) is 5. The molecule has 6 heteroatoms. The van der Waals surface area contributed by atoms with E-state index >= 15 is 0 Å². The smallest absolute Gasteiger partial charge is 0.312 e. The van der Waals surface area contributed by atoms with E-state index in [-0.39, 0.29) is 12.8 Å². The van der Waals surface area contributed by atoms with Gasteiger partial charge in [-0.3, -0.25) is 14.4 Å². The van der Waals surface area contributed by atoms with Crippen molar-refractivity contribution in [3.63, 3.8) is 0 Å². The van der Waals surface area contributed by atoms with E-state index in [1.807, 2.05) is 6.92 Å². The molecule has 6 nitrogen and oxygen atoms in total. The van der Waals surface area contributed by atoms with Gasteiger partial charge in [0.05, 0.1) is 23.4 Å². The van der Waals surface area contributed by atoms with Gasteiger partial charge in [-0.2, -0.15) is 0 Å². The number of carbonyl (C=O) groups excluding carboxylic acids is 2. The second-order valence-corrected chi connectivity index (χ2v) is 9.01. The minimum absolute atomic E-state index is 0.0524. The fourth-order valence-corrected chi connectivity index (χ4v) is 3.13. The lowest BCUT2D eigenvalue weighted by Crippen LogP contribution is -2.44. The number of carboxylic acid groups (broad SMARTS) is 1. The van der Waals surface area contributed by atoms with Crippen LogP contribution in [0.1, 0.15) is 74.7 Å². The lowest BCUT2D eigenvalue weighted by Gasteiger charge is -2.39. The molecular formula is C19H34O6. The second kappa shape index (κ2) is 7.75. The maximum absolute atomic E-state index is 12.5. The first-order chi connectivity index (χ1) is 11.0. The van der Waals surface area contributed by atoms with Gasteiger partial charge < -0.3 is 14.6 Å². The number of carbonyl (C=O) groups is 3. The molecule has 0 aliphatic carbocycles. The topological polar surface area (TPSA) is 89.9 Å². The fraction of sp³-hybridized carbons (Fsp3) is 0.842. The molecule has 0 bridgehead atoms. The van der Waals surface area contributed by atoms with E-state index in [9.17, 15) is 19.5 Å². The third kappa shape index (κ3) is 6.33. The Balaban J connectivity index is 5.63. The molecule has 0 amide bonds. The van der Waals surface area contributed by atoms with Gasteiger partial charge in [0.15, 0.2) is 0 Å². The van der Waals surface area contributed by atoms with Crippen LogP contribution in [-0.4, -0.2) is 35.7 Å². The van der Waals surface area contributed by atoms with Crippen LogP contribution in [0.5, 0.6) is 0 Å². The standard InChI is InChI=1S/C19H34O6/c1-10-18(7,15(23)24-9)12-19(8,13(20)21)11-17(5,6)14(22)25-16(2,3)4/h10-12H2,1-9H3,(H,20,21). The summed E-state index contributed by atoms with van der Waals surface area (Å²) in [6.45, 7) is 13.7. The number of esters is 2. The third-order valence-electron chi connectivity index (χ3n) is 4.54. The Labute approximate surface area is 151 Å². The molecular weight excluding hydrogens is 324 g/mol. The van der Waals surface area contributed by atoms with Crippen molar-refractivity contribution in [2.75, 3.05) is 7.11 Å². The minimum Gasteiger partial charge on any atom is -0.481 e. The van der Waals surface area contributed by atoms with Crippen molar-refractivity contribution >= 4 is 17.9 Å². The lowest BCUT2D eigenvalue weighted by molar-refractivity contribution is -0.171. The highest BCUT2D eigenvalue weighted by Gasteiger charge is 2.49. The largest absolute Gasteiger partial charge is 0.481 e. The Hall–Kier alpha value is -1.59. The van der Waals surface area contributed by atoms with Crippen molar-refractivity contribution in [1.82, 2.24) is 0 Å². The number of methoxy groups -OCH3 is 1. The summed E-state index contributed by atoms with van der Waals surface area (Å²) in [5.74, 6) is -1.95. The maximum Gasteiger partial charge on any atom is 0.312 e. The van der Waals surface area contributed by atoms with Gasteiger partial charge in [0.2, 0.25) is 0 Å². The molecule has 25 heavy (non-hydrogen) atoms. The summed E-state index contributed by atoms with van der Waals surface area (Å²) in [6, 6.07) is 0. The Bertz CT molecular complexity index is 516. The summed E-state index contributed by atoms with van der Waals surface area (Å²) in [5, 5.41) is 9.82.